The lowest BCUT2D eigenvalue weighted by atomic mass is 9.85. The molecule has 0 radical (unpaired) electrons. The van der Waals surface area contributed by atoms with Crippen LogP contribution < -0.4 is 4.72 Å². The van der Waals surface area contributed by atoms with Gasteiger partial charge in [-0.25, -0.2) is 13.1 Å². The summed E-state index contributed by atoms with van der Waals surface area (Å²) in [7, 11) is -4.40. The third-order valence-corrected chi connectivity index (χ3v) is 4.78. The van der Waals surface area contributed by atoms with E-state index < -0.39 is 44.0 Å². The van der Waals surface area contributed by atoms with Gasteiger partial charge in [0.1, 0.15) is 0 Å². The van der Waals surface area contributed by atoms with Crippen LogP contribution in [0.2, 0.25) is 0 Å². The van der Waals surface area contributed by atoms with Crippen LogP contribution in [0.25, 0.3) is 0 Å². The van der Waals surface area contributed by atoms with Gasteiger partial charge in [0, 0.05) is 5.92 Å². The predicted octanol–water partition coefficient (Wildman–Crippen LogP) is 2.18. The van der Waals surface area contributed by atoms with Gasteiger partial charge in [-0.05, 0) is 31.0 Å². The minimum atomic E-state index is -4.87. The average molecular weight is 332 g/mol. The van der Waals surface area contributed by atoms with E-state index in [9.17, 15) is 26.4 Å². The molecule has 1 aromatic carbocycles. The highest BCUT2D eigenvalue weighted by Crippen LogP contribution is 2.33. The Morgan fingerprint density at radius 2 is 1.95 bits per heavy atom. The van der Waals surface area contributed by atoms with Crippen molar-refractivity contribution >= 4 is 15.9 Å². The molecule has 1 N–H and O–H groups in total. The lowest BCUT2D eigenvalue weighted by molar-refractivity contribution is -0.138. The molecule has 0 aromatic heterocycles. The minimum Gasteiger partial charge on any atom is -0.274 e. The summed E-state index contributed by atoms with van der Waals surface area (Å²) in [5, 5.41) is 8.66. The molecule has 0 aliphatic heterocycles. The van der Waals surface area contributed by atoms with Crippen molar-refractivity contribution < 1.29 is 26.4 Å². The fourth-order valence-electron chi connectivity index (χ4n) is 1.97. The fraction of sp³-hybridized carbons (Fsp3) is 0.385. The Balaban J connectivity index is 2.35. The molecule has 0 bridgehead atoms. The number of nitriles is 1. The van der Waals surface area contributed by atoms with Crippen molar-refractivity contribution in [2.75, 3.05) is 0 Å². The highest BCUT2D eigenvalue weighted by Gasteiger charge is 2.36. The molecule has 1 aliphatic carbocycles. The van der Waals surface area contributed by atoms with E-state index in [2.05, 4.69) is 0 Å². The zero-order valence-corrected chi connectivity index (χ0v) is 12.0. The van der Waals surface area contributed by atoms with E-state index in [0.717, 1.165) is 18.6 Å². The molecule has 0 spiro atoms. The standard InChI is InChI=1S/C13H11F3N2O3S/c14-13(15,16)11-6-10(5-4-9(11)7-17)22(20,21)18-12(19)8-2-1-3-8/h4-6,8H,1-3H2,(H,18,19). The van der Waals surface area contributed by atoms with Gasteiger partial charge in [0.15, 0.2) is 0 Å². The van der Waals surface area contributed by atoms with Crippen LogP contribution in [0, 0.1) is 17.2 Å². The molecule has 0 saturated heterocycles. The van der Waals surface area contributed by atoms with Crippen LogP contribution in [0.15, 0.2) is 23.1 Å². The molecule has 0 atom stereocenters. The smallest absolute Gasteiger partial charge is 0.274 e. The Hall–Kier alpha value is -2.08. The highest BCUT2D eigenvalue weighted by atomic mass is 32.2. The van der Waals surface area contributed by atoms with Crippen LogP contribution in [0.1, 0.15) is 30.4 Å². The lowest BCUT2D eigenvalue weighted by Crippen LogP contribution is -2.38. The van der Waals surface area contributed by atoms with Crippen molar-refractivity contribution in [1.29, 1.82) is 5.26 Å². The minimum absolute atomic E-state index is 0.356. The Bertz CT molecular complexity index is 747. The zero-order valence-electron chi connectivity index (χ0n) is 11.1. The van der Waals surface area contributed by atoms with Crippen LogP contribution in [0.3, 0.4) is 0 Å². The molecule has 118 valence electrons. The van der Waals surface area contributed by atoms with E-state index in [-0.39, 0.29) is 0 Å². The van der Waals surface area contributed by atoms with Crippen LogP contribution in [-0.4, -0.2) is 14.3 Å². The maximum atomic E-state index is 12.8. The summed E-state index contributed by atoms with van der Waals surface area (Å²) in [6, 6.07) is 3.35. The monoisotopic (exact) mass is 332 g/mol. The molecule has 1 saturated carbocycles. The van der Waals surface area contributed by atoms with Crippen molar-refractivity contribution in [3.8, 4) is 6.07 Å². The molecule has 1 aromatic rings. The van der Waals surface area contributed by atoms with E-state index in [4.69, 9.17) is 5.26 Å². The van der Waals surface area contributed by atoms with E-state index in [1.165, 1.54) is 6.07 Å². The summed E-state index contributed by atoms with van der Waals surface area (Å²) in [5.41, 5.74) is -2.04. The first kappa shape index (κ1) is 16.3. The van der Waals surface area contributed by atoms with E-state index in [1.807, 2.05) is 0 Å². The van der Waals surface area contributed by atoms with Crippen molar-refractivity contribution in [3.63, 3.8) is 0 Å². The van der Waals surface area contributed by atoms with E-state index >= 15 is 0 Å². The second kappa shape index (κ2) is 5.61. The molecular weight excluding hydrogens is 321 g/mol. The molecule has 0 unspecified atom stereocenters. The van der Waals surface area contributed by atoms with Crippen LogP contribution in [-0.2, 0) is 21.0 Å². The number of amides is 1. The topological polar surface area (TPSA) is 87.0 Å². The number of nitrogens with one attached hydrogen (secondary N) is 1. The quantitative estimate of drug-likeness (QED) is 0.919. The number of hydrogen-bond acceptors (Lipinski definition) is 4. The molecule has 2 rings (SSSR count). The summed E-state index contributed by atoms with van der Waals surface area (Å²) < 4.78 is 64.2. The van der Waals surface area contributed by atoms with Crippen LogP contribution in [0.4, 0.5) is 13.2 Å². The number of hydrogen-bond donors (Lipinski definition) is 1. The van der Waals surface area contributed by atoms with Crippen molar-refractivity contribution in [2.45, 2.75) is 30.3 Å². The van der Waals surface area contributed by atoms with Crippen molar-refractivity contribution in [2.24, 2.45) is 5.92 Å². The molecule has 5 nitrogen and oxygen atoms in total. The van der Waals surface area contributed by atoms with Crippen LogP contribution >= 0.6 is 0 Å². The van der Waals surface area contributed by atoms with Gasteiger partial charge in [0.05, 0.1) is 22.1 Å². The predicted molar refractivity (Wildman–Crippen MR) is 68.8 cm³/mol. The number of sulfonamides is 1. The maximum absolute atomic E-state index is 12.8. The molecule has 22 heavy (non-hydrogen) atoms. The first-order valence-corrected chi connectivity index (χ1v) is 7.81. The summed E-state index contributed by atoms with van der Waals surface area (Å²) in [6.07, 6.45) is -2.94. The number of rotatable bonds is 3. The molecule has 1 amide bonds. The van der Waals surface area contributed by atoms with Gasteiger partial charge < -0.3 is 0 Å². The number of benzene rings is 1. The second-order valence-electron chi connectivity index (χ2n) is 4.91. The SMILES string of the molecule is N#Cc1ccc(S(=O)(=O)NC(=O)C2CCC2)cc1C(F)(F)F. The molecule has 1 aliphatic rings. The summed E-state index contributed by atoms with van der Waals surface area (Å²) in [4.78, 5) is 11.0. The van der Waals surface area contributed by atoms with Gasteiger partial charge >= 0.3 is 6.18 Å². The third kappa shape index (κ3) is 3.22. The molecule has 9 heteroatoms. The highest BCUT2D eigenvalue weighted by molar-refractivity contribution is 7.90. The second-order valence-corrected chi connectivity index (χ2v) is 6.60. The third-order valence-electron chi connectivity index (χ3n) is 3.44. The largest absolute Gasteiger partial charge is 0.417 e. The Kier molecular flexibility index (Phi) is 4.15. The lowest BCUT2D eigenvalue weighted by Gasteiger charge is -2.23. The van der Waals surface area contributed by atoms with Gasteiger partial charge in [-0.2, -0.15) is 18.4 Å². The summed E-state index contributed by atoms with van der Waals surface area (Å²) in [6.45, 7) is 0. The van der Waals surface area contributed by atoms with Gasteiger partial charge in [-0.1, -0.05) is 6.42 Å². The number of carbonyl (C=O) groups excluding carboxylic acids is 1. The first-order valence-electron chi connectivity index (χ1n) is 6.33. The molecule has 0 heterocycles. The zero-order chi connectivity index (χ0) is 16.5. The summed E-state index contributed by atoms with van der Waals surface area (Å²) in [5.74, 6) is -1.14. The van der Waals surface area contributed by atoms with Gasteiger partial charge in [0.2, 0.25) is 5.91 Å². The number of halogens is 3. The number of alkyl halides is 3. The van der Waals surface area contributed by atoms with E-state index in [0.29, 0.717) is 18.9 Å². The normalized spacial score (nSPS) is 15.7. The van der Waals surface area contributed by atoms with Gasteiger partial charge in [-0.15, -0.1) is 0 Å². The first-order chi connectivity index (χ1) is 10.1. The van der Waals surface area contributed by atoms with E-state index in [1.54, 1.807) is 4.72 Å². The number of nitrogens with zero attached hydrogens (tertiary/aromatic N) is 1. The van der Waals surface area contributed by atoms with Gasteiger partial charge in [0.25, 0.3) is 10.0 Å². The fourth-order valence-corrected chi connectivity index (χ4v) is 3.04. The van der Waals surface area contributed by atoms with Crippen molar-refractivity contribution in [3.05, 3.63) is 29.3 Å². The maximum Gasteiger partial charge on any atom is 0.417 e. The molecular formula is C13H11F3N2O3S. The average Bonchev–Trinajstić information content (AvgIpc) is 2.34. The summed E-state index contributed by atoms with van der Waals surface area (Å²) >= 11 is 0. The Morgan fingerprint density at radius 1 is 1.32 bits per heavy atom. The Morgan fingerprint density at radius 3 is 2.41 bits per heavy atom. The van der Waals surface area contributed by atoms with Gasteiger partial charge in [-0.3, -0.25) is 4.79 Å². The number of carbonyl (C=O) groups is 1. The molecule has 1 fully saturated rings. The Labute approximate surface area is 124 Å². The van der Waals surface area contributed by atoms with Crippen LogP contribution in [0.5, 0.6) is 0 Å². The van der Waals surface area contributed by atoms with Crippen molar-refractivity contribution in [1.82, 2.24) is 4.72 Å².